The Labute approximate surface area is 66.7 Å². The average Bonchev–Trinajstić information content (AvgIpc) is 2.41. The van der Waals surface area contributed by atoms with Crippen molar-refractivity contribution >= 4 is 7.14 Å². The molecule has 3 aliphatic rings. The quantitative estimate of drug-likeness (QED) is 0.413. The van der Waals surface area contributed by atoms with Crippen LogP contribution >= 0.6 is 7.14 Å². The van der Waals surface area contributed by atoms with Crippen molar-refractivity contribution in [3.63, 3.8) is 0 Å². The zero-order valence-electron chi connectivity index (χ0n) is 6.80. The first-order chi connectivity index (χ1) is 5.12. The Bertz CT molecular complexity index is 267. The van der Waals surface area contributed by atoms with E-state index in [1.165, 1.54) is 12.8 Å². The van der Waals surface area contributed by atoms with Gasteiger partial charge in [-0.25, -0.2) is 0 Å². The van der Waals surface area contributed by atoms with Crippen LogP contribution in [0.2, 0.25) is 0 Å². The summed E-state index contributed by atoms with van der Waals surface area (Å²) in [7, 11) is -1.92. The van der Waals surface area contributed by atoms with Crippen LogP contribution in [0.15, 0.2) is 0 Å². The highest BCUT2D eigenvalue weighted by atomic mass is 31.2. The van der Waals surface area contributed by atoms with Crippen LogP contribution in [0.25, 0.3) is 0 Å². The van der Waals surface area contributed by atoms with Gasteiger partial charge >= 0.3 is 0 Å². The summed E-state index contributed by atoms with van der Waals surface area (Å²) in [6, 6.07) is 0. The highest BCUT2D eigenvalue weighted by Crippen LogP contribution is 2.83. The van der Waals surface area contributed by atoms with Gasteiger partial charge in [0.25, 0.3) is 0 Å². The molecule has 0 radical (unpaired) electrons. The molecular weight excluding hydrogens is 159 g/mol. The molecule has 2 aliphatic heterocycles. The van der Waals surface area contributed by atoms with Crippen molar-refractivity contribution in [3.8, 4) is 0 Å². The molecular formula is C8H13O2P. The van der Waals surface area contributed by atoms with Crippen LogP contribution in [0.4, 0.5) is 0 Å². The Morgan fingerprint density at radius 1 is 1.36 bits per heavy atom. The lowest BCUT2D eigenvalue weighted by molar-refractivity contribution is 0.228. The Hall–Kier alpha value is 0.190. The minimum atomic E-state index is -1.92. The summed E-state index contributed by atoms with van der Waals surface area (Å²) in [5, 5.41) is -0.0972. The first-order valence-electron chi connectivity index (χ1n) is 4.39. The van der Waals surface area contributed by atoms with Crippen LogP contribution in [0.3, 0.4) is 0 Å². The normalized spacial score (nSPS) is 65.9. The van der Waals surface area contributed by atoms with Crippen LogP contribution in [-0.2, 0) is 9.30 Å². The predicted molar refractivity (Wildman–Crippen MR) is 43.4 cm³/mol. The molecule has 2 nitrogen and oxygen atoms in total. The van der Waals surface area contributed by atoms with E-state index in [-0.39, 0.29) is 10.9 Å². The van der Waals surface area contributed by atoms with Crippen LogP contribution in [-0.4, -0.2) is 23.8 Å². The molecule has 3 fully saturated rings. The molecule has 0 unspecified atom stereocenters. The third-order valence-electron chi connectivity index (χ3n) is 3.84. The molecule has 3 heteroatoms. The van der Waals surface area contributed by atoms with Gasteiger partial charge in [-0.05, 0) is 32.3 Å². The molecule has 1 saturated carbocycles. The van der Waals surface area contributed by atoms with E-state index in [0.717, 1.165) is 19.0 Å². The highest BCUT2D eigenvalue weighted by Gasteiger charge is 2.81. The molecule has 3 atom stereocenters. The van der Waals surface area contributed by atoms with E-state index >= 15 is 0 Å². The maximum absolute atomic E-state index is 12.1. The second-order valence-corrected chi connectivity index (χ2v) is 7.68. The van der Waals surface area contributed by atoms with Crippen molar-refractivity contribution in [2.75, 3.05) is 12.8 Å². The molecule has 0 aromatic heterocycles. The first-order valence-corrected chi connectivity index (χ1v) is 6.73. The lowest BCUT2D eigenvalue weighted by Gasteiger charge is -2.15. The van der Waals surface area contributed by atoms with Crippen molar-refractivity contribution in [3.05, 3.63) is 0 Å². The van der Waals surface area contributed by atoms with Crippen LogP contribution in [0.1, 0.15) is 25.7 Å². The van der Waals surface area contributed by atoms with Gasteiger partial charge in [0.2, 0.25) is 0 Å². The number of epoxide rings is 1. The van der Waals surface area contributed by atoms with E-state index in [2.05, 4.69) is 0 Å². The van der Waals surface area contributed by atoms with Gasteiger partial charge in [0.05, 0.1) is 0 Å². The average molecular weight is 172 g/mol. The number of hydrogen-bond acceptors (Lipinski definition) is 2. The smallest absolute Gasteiger partial charge is 0.150 e. The molecule has 11 heavy (non-hydrogen) atoms. The van der Waals surface area contributed by atoms with E-state index in [4.69, 9.17) is 4.74 Å². The summed E-state index contributed by atoms with van der Waals surface area (Å²) in [6.07, 6.45) is 5.48. The largest absolute Gasteiger partial charge is 0.354 e. The molecule has 1 aliphatic carbocycles. The maximum Gasteiger partial charge on any atom is 0.150 e. The van der Waals surface area contributed by atoms with Crippen molar-refractivity contribution in [2.45, 2.75) is 36.6 Å². The second-order valence-electron chi connectivity index (χ2n) is 4.31. The fraction of sp³-hybridized carbons (Fsp3) is 1.00. The zero-order valence-corrected chi connectivity index (χ0v) is 7.69. The third-order valence-corrected chi connectivity index (χ3v) is 7.16. The molecule has 0 aromatic carbocycles. The topological polar surface area (TPSA) is 29.6 Å². The van der Waals surface area contributed by atoms with E-state index in [1.54, 1.807) is 0 Å². The van der Waals surface area contributed by atoms with E-state index in [0.29, 0.717) is 0 Å². The van der Waals surface area contributed by atoms with Crippen LogP contribution < -0.4 is 0 Å². The van der Waals surface area contributed by atoms with Gasteiger partial charge in [-0.2, -0.15) is 0 Å². The summed E-state index contributed by atoms with van der Waals surface area (Å²) in [6.45, 7) is 1.94. The van der Waals surface area contributed by atoms with Gasteiger partial charge in [-0.3, -0.25) is 0 Å². The monoisotopic (exact) mass is 172 g/mol. The lowest BCUT2D eigenvalue weighted by atomic mass is 10.1. The predicted octanol–water partition coefficient (Wildman–Crippen LogP) is 2.03. The van der Waals surface area contributed by atoms with Gasteiger partial charge in [-0.15, -0.1) is 0 Å². The summed E-state index contributed by atoms with van der Waals surface area (Å²) >= 11 is 0. The van der Waals surface area contributed by atoms with Gasteiger partial charge in [0.1, 0.15) is 18.1 Å². The van der Waals surface area contributed by atoms with Crippen molar-refractivity contribution in [1.82, 2.24) is 0 Å². The lowest BCUT2D eigenvalue weighted by Crippen LogP contribution is -2.10. The molecule has 0 N–H and O–H groups in total. The van der Waals surface area contributed by atoms with E-state index in [9.17, 15) is 4.57 Å². The molecule has 2 heterocycles. The van der Waals surface area contributed by atoms with Gasteiger partial charge in [0, 0.05) is 6.16 Å². The fourth-order valence-electron chi connectivity index (χ4n) is 3.15. The number of ether oxygens (including phenoxy) is 1. The number of hydrogen-bond donors (Lipinski definition) is 0. The van der Waals surface area contributed by atoms with Crippen LogP contribution in [0.5, 0.6) is 0 Å². The van der Waals surface area contributed by atoms with Crippen molar-refractivity contribution < 1.29 is 9.30 Å². The zero-order chi connectivity index (χ0) is 7.74. The Kier molecular flexibility index (Phi) is 0.893. The molecule has 3 rings (SSSR count). The van der Waals surface area contributed by atoms with Crippen molar-refractivity contribution in [1.29, 1.82) is 0 Å². The van der Waals surface area contributed by atoms with Gasteiger partial charge < -0.3 is 9.30 Å². The molecule has 0 spiro atoms. The standard InChI is InChI=1S/C8H13O2P/c1-11(9)6-5-7-3-2-4-8(7,11)10-7/h2-6H2,1H3/t7-,8+,11+/m0/s1. The summed E-state index contributed by atoms with van der Waals surface area (Å²) in [5.74, 6) is 0. The summed E-state index contributed by atoms with van der Waals surface area (Å²) in [4.78, 5) is 0. The second kappa shape index (κ2) is 1.47. The minimum Gasteiger partial charge on any atom is -0.354 e. The Morgan fingerprint density at radius 2 is 2.18 bits per heavy atom. The first kappa shape index (κ1) is 6.68. The molecule has 2 saturated heterocycles. The molecule has 0 bridgehead atoms. The summed E-state index contributed by atoms with van der Waals surface area (Å²) in [5.41, 5.74) is 0.122. The van der Waals surface area contributed by atoms with E-state index < -0.39 is 7.14 Å². The Balaban J connectivity index is 2.14. The Morgan fingerprint density at radius 3 is 2.82 bits per heavy atom. The third kappa shape index (κ3) is 0.494. The van der Waals surface area contributed by atoms with Crippen LogP contribution in [0, 0.1) is 0 Å². The van der Waals surface area contributed by atoms with E-state index in [1.807, 2.05) is 6.66 Å². The summed E-state index contributed by atoms with van der Waals surface area (Å²) < 4.78 is 17.8. The number of rotatable bonds is 0. The molecule has 62 valence electrons. The van der Waals surface area contributed by atoms with Gasteiger partial charge in [0.15, 0.2) is 0 Å². The molecule has 0 aromatic rings. The molecule has 0 amide bonds. The fourth-order valence-corrected chi connectivity index (χ4v) is 6.38. The highest BCUT2D eigenvalue weighted by molar-refractivity contribution is 7.65. The van der Waals surface area contributed by atoms with Crippen molar-refractivity contribution in [2.24, 2.45) is 0 Å². The SMILES string of the molecule is C[P@@]1(=O)CC[C@@]23CCC[C@]21O3. The van der Waals surface area contributed by atoms with Gasteiger partial charge in [-0.1, -0.05) is 0 Å². The minimum absolute atomic E-state index is 0.0972. The maximum atomic E-state index is 12.1.